The third-order valence-electron chi connectivity index (χ3n) is 4.73. The summed E-state index contributed by atoms with van der Waals surface area (Å²) in [5.41, 5.74) is 5.89. The monoisotopic (exact) mass is 284 g/mol. The Bertz CT molecular complexity index is 660. The molecular formula is C16H20N4O. The quantitative estimate of drug-likeness (QED) is 0.916. The summed E-state index contributed by atoms with van der Waals surface area (Å²) in [6.07, 6.45) is 5.03. The largest absolute Gasteiger partial charge is 0.473 e. The third kappa shape index (κ3) is 2.31. The summed E-state index contributed by atoms with van der Waals surface area (Å²) in [4.78, 5) is 2.59. The van der Waals surface area contributed by atoms with E-state index in [1.54, 1.807) is 0 Å². The molecule has 0 bridgehead atoms. The van der Waals surface area contributed by atoms with Crippen LogP contribution in [-0.4, -0.2) is 40.3 Å². The summed E-state index contributed by atoms with van der Waals surface area (Å²) in [7, 11) is 0. The van der Waals surface area contributed by atoms with Crippen LogP contribution in [0.4, 0.5) is 5.82 Å². The number of rotatable bonds is 2. The van der Waals surface area contributed by atoms with E-state index in [2.05, 4.69) is 15.1 Å². The Hall–Kier alpha value is -1.88. The van der Waals surface area contributed by atoms with Crippen molar-refractivity contribution in [1.29, 1.82) is 0 Å². The van der Waals surface area contributed by atoms with E-state index in [9.17, 15) is 0 Å². The van der Waals surface area contributed by atoms with Gasteiger partial charge in [-0.1, -0.05) is 18.2 Å². The minimum absolute atomic E-state index is 0.241. The second-order valence-electron chi connectivity index (χ2n) is 6.03. The molecule has 1 aromatic carbocycles. The molecule has 2 unspecified atom stereocenters. The van der Waals surface area contributed by atoms with Crippen LogP contribution in [0.5, 0.6) is 5.88 Å². The number of nitrogens with zero attached hydrogens (tertiary/aromatic N) is 3. The number of nitrogens with two attached hydrogens (primary N) is 1. The van der Waals surface area contributed by atoms with E-state index in [0.29, 0.717) is 17.7 Å². The molecule has 21 heavy (non-hydrogen) atoms. The fraction of sp³-hybridized carbons (Fsp3) is 0.500. The van der Waals surface area contributed by atoms with Crippen molar-refractivity contribution in [3.63, 3.8) is 0 Å². The Labute approximate surface area is 124 Å². The second kappa shape index (κ2) is 5.15. The van der Waals surface area contributed by atoms with Crippen LogP contribution in [0.25, 0.3) is 10.8 Å². The lowest BCUT2D eigenvalue weighted by atomic mass is 10.00. The van der Waals surface area contributed by atoms with Crippen molar-refractivity contribution < 1.29 is 4.74 Å². The molecule has 2 atom stereocenters. The van der Waals surface area contributed by atoms with Gasteiger partial charge in [-0.05, 0) is 38.3 Å². The lowest BCUT2D eigenvalue weighted by Gasteiger charge is -2.34. The average molecular weight is 284 g/mol. The SMILES string of the molecule is Nc1nnc(OC2CCN3CCCC3C2)c2ccccc12. The zero-order valence-electron chi connectivity index (χ0n) is 12.0. The van der Waals surface area contributed by atoms with Gasteiger partial charge in [-0.3, -0.25) is 0 Å². The Morgan fingerprint density at radius 3 is 2.86 bits per heavy atom. The highest BCUT2D eigenvalue weighted by molar-refractivity contribution is 5.93. The summed E-state index contributed by atoms with van der Waals surface area (Å²) >= 11 is 0. The fourth-order valence-electron chi connectivity index (χ4n) is 3.64. The van der Waals surface area contributed by atoms with Crippen molar-refractivity contribution in [1.82, 2.24) is 15.1 Å². The molecule has 5 heteroatoms. The molecule has 110 valence electrons. The maximum atomic E-state index is 6.18. The maximum absolute atomic E-state index is 6.18. The van der Waals surface area contributed by atoms with Crippen LogP contribution in [0.2, 0.25) is 0 Å². The molecule has 2 aliphatic rings. The van der Waals surface area contributed by atoms with Gasteiger partial charge in [0.15, 0.2) is 5.82 Å². The van der Waals surface area contributed by atoms with Crippen molar-refractivity contribution >= 4 is 16.6 Å². The zero-order chi connectivity index (χ0) is 14.2. The van der Waals surface area contributed by atoms with E-state index < -0.39 is 0 Å². The molecule has 4 rings (SSSR count). The van der Waals surface area contributed by atoms with E-state index in [-0.39, 0.29) is 6.10 Å². The van der Waals surface area contributed by atoms with Crippen molar-refractivity contribution in [2.24, 2.45) is 0 Å². The molecule has 0 amide bonds. The van der Waals surface area contributed by atoms with Crippen LogP contribution in [0, 0.1) is 0 Å². The molecule has 2 N–H and O–H groups in total. The Balaban J connectivity index is 1.58. The smallest absolute Gasteiger partial charge is 0.241 e. The van der Waals surface area contributed by atoms with Gasteiger partial charge in [0.05, 0.1) is 0 Å². The van der Waals surface area contributed by atoms with E-state index in [0.717, 1.165) is 30.2 Å². The summed E-state index contributed by atoms with van der Waals surface area (Å²) < 4.78 is 6.18. The molecule has 5 nitrogen and oxygen atoms in total. The van der Waals surface area contributed by atoms with Crippen LogP contribution in [-0.2, 0) is 0 Å². The predicted molar refractivity (Wildman–Crippen MR) is 82.2 cm³/mol. The second-order valence-corrected chi connectivity index (χ2v) is 6.03. The Morgan fingerprint density at radius 2 is 1.95 bits per heavy atom. The molecule has 1 aromatic heterocycles. The standard InChI is InChI=1S/C16H20N4O/c17-15-13-5-1-2-6-14(13)16(19-18-15)21-12-7-9-20-8-3-4-11(20)10-12/h1-2,5-6,11-12H,3-4,7-10H2,(H2,17,18). The van der Waals surface area contributed by atoms with Gasteiger partial charge in [-0.2, -0.15) is 0 Å². The summed E-state index contributed by atoms with van der Waals surface area (Å²) in [5.74, 6) is 1.08. The number of fused-ring (bicyclic) bond motifs is 2. The number of hydrogen-bond donors (Lipinski definition) is 1. The molecule has 2 fully saturated rings. The molecule has 0 saturated carbocycles. The molecular weight excluding hydrogens is 264 g/mol. The molecule has 2 aliphatic heterocycles. The summed E-state index contributed by atoms with van der Waals surface area (Å²) in [5, 5.41) is 10.1. The van der Waals surface area contributed by atoms with Gasteiger partial charge in [0.1, 0.15) is 6.10 Å². The fourth-order valence-corrected chi connectivity index (χ4v) is 3.64. The first-order chi connectivity index (χ1) is 10.3. The number of ether oxygens (including phenoxy) is 1. The van der Waals surface area contributed by atoms with Gasteiger partial charge in [0.2, 0.25) is 5.88 Å². The number of benzene rings is 1. The average Bonchev–Trinajstić information content (AvgIpc) is 2.98. The van der Waals surface area contributed by atoms with Gasteiger partial charge >= 0.3 is 0 Å². The van der Waals surface area contributed by atoms with Gasteiger partial charge in [0.25, 0.3) is 0 Å². The van der Waals surface area contributed by atoms with Gasteiger partial charge < -0.3 is 15.4 Å². The molecule has 2 aromatic rings. The van der Waals surface area contributed by atoms with E-state index in [4.69, 9.17) is 10.5 Å². The number of piperidine rings is 1. The van der Waals surface area contributed by atoms with Crippen molar-refractivity contribution in [2.75, 3.05) is 18.8 Å². The van der Waals surface area contributed by atoms with E-state index >= 15 is 0 Å². The van der Waals surface area contributed by atoms with Crippen LogP contribution in [0.3, 0.4) is 0 Å². The van der Waals surface area contributed by atoms with E-state index in [1.165, 1.54) is 19.4 Å². The maximum Gasteiger partial charge on any atom is 0.241 e. The van der Waals surface area contributed by atoms with Crippen molar-refractivity contribution in [3.8, 4) is 5.88 Å². The minimum atomic E-state index is 0.241. The van der Waals surface area contributed by atoms with Gasteiger partial charge in [0, 0.05) is 23.4 Å². The third-order valence-corrected chi connectivity index (χ3v) is 4.73. The van der Waals surface area contributed by atoms with Crippen molar-refractivity contribution in [2.45, 2.75) is 37.8 Å². The molecule has 0 aliphatic carbocycles. The number of hydrogen-bond acceptors (Lipinski definition) is 5. The summed E-state index contributed by atoms with van der Waals surface area (Å²) in [6, 6.07) is 8.60. The number of aromatic nitrogens is 2. The Morgan fingerprint density at radius 1 is 1.10 bits per heavy atom. The highest BCUT2D eigenvalue weighted by Crippen LogP contribution is 2.31. The van der Waals surface area contributed by atoms with Crippen molar-refractivity contribution in [3.05, 3.63) is 24.3 Å². The number of anilines is 1. The first-order valence-electron chi connectivity index (χ1n) is 7.73. The first-order valence-corrected chi connectivity index (χ1v) is 7.73. The minimum Gasteiger partial charge on any atom is -0.473 e. The zero-order valence-corrected chi connectivity index (χ0v) is 12.0. The lowest BCUT2D eigenvalue weighted by molar-refractivity contribution is 0.0761. The number of nitrogen functional groups attached to an aromatic ring is 1. The summed E-state index contributed by atoms with van der Waals surface area (Å²) in [6.45, 7) is 2.39. The normalized spacial score (nSPS) is 25.9. The van der Waals surface area contributed by atoms with Crippen LogP contribution in [0.15, 0.2) is 24.3 Å². The van der Waals surface area contributed by atoms with Crippen LogP contribution < -0.4 is 10.5 Å². The predicted octanol–water partition coefficient (Wildman–Crippen LogP) is 2.22. The van der Waals surface area contributed by atoms with Crippen LogP contribution in [0.1, 0.15) is 25.7 Å². The lowest BCUT2D eigenvalue weighted by Crippen LogP contribution is -2.42. The highest BCUT2D eigenvalue weighted by atomic mass is 16.5. The molecule has 0 radical (unpaired) electrons. The molecule has 2 saturated heterocycles. The van der Waals surface area contributed by atoms with E-state index in [1.807, 2.05) is 24.3 Å². The van der Waals surface area contributed by atoms with Crippen LogP contribution >= 0.6 is 0 Å². The van der Waals surface area contributed by atoms with Gasteiger partial charge in [-0.25, -0.2) is 0 Å². The molecule has 3 heterocycles. The topological polar surface area (TPSA) is 64.3 Å². The van der Waals surface area contributed by atoms with Gasteiger partial charge in [-0.15, -0.1) is 10.2 Å². The molecule has 0 spiro atoms. The Kier molecular flexibility index (Phi) is 3.15. The first kappa shape index (κ1) is 12.8. The highest BCUT2D eigenvalue weighted by Gasteiger charge is 2.33.